The predicted molar refractivity (Wildman–Crippen MR) is 146 cm³/mol. The number of amides is 4. The van der Waals surface area contributed by atoms with E-state index < -0.39 is 17.8 Å². The lowest BCUT2D eigenvalue weighted by atomic mass is 10.1. The molecule has 3 aromatic rings. The number of anilines is 1. The van der Waals surface area contributed by atoms with Crippen LogP contribution in [0.5, 0.6) is 11.5 Å². The SMILES string of the molecule is COc1cc(/C=C2\C(=O)NC(=O)N(c3cccc(Cl)c3)C2=O)cc(I)c1OCc1ccc(C)c(C)c1. The molecule has 36 heavy (non-hydrogen) atoms. The summed E-state index contributed by atoms with van der Waals surface area (Å²) < 4.78 is 12.3. The topological polar surface area (TPSA) is 84.9 Å². The summed E-state index contributed by atoms with van der Waals surface area (Å²) >= 11 is 8.14. The van der Waals surface area contributed by atoms with Gasteiger partial charge in [0.15, 0.2) is 11.5 Å². The summed E-state index contributed by atoms with van der Waals surface area (Å²) in [6, 6.07) is 15.0. The standard InChI is InChI=1S/C27H22ClIN2O5/c1-15-7-8-17(9-16(15)2)14-36-24-22(29)11-18(12-23(24)35-3)10-21-25(32)30-27(34)31(26(21)33)20-6-4-5-19(28)13-20/h4-13H,14H2,1-3H3,(H,30,32,34)/b21-10+. The lowest BCUT2D eigenvalue weighted by molar-refractivity contribution is -0.122. The van der Waals surface area contributed by atoms with Gasteiger partial charge in [-0.1, -0.05) is 35.9 Å². The lowest BCUT2D eigenvalue weighted by Gasteiger charge is -2.26. The minimum Gasteiger partial charge on any atom is -0.493 e. The Labute approximate surface area is 227 Å². The van der Waals surface area contributed by atoms with E-state index in [0.717, 1.165) is 14.0 Å². The molecule has 9 heteroatoms. The molecule has 4 amide bonds. The van der Waals surface area contributed by atoms with Gasteiger partial charge in [0.25, 0.3) is 11.8 Å². The molecule has 0 saturated carbocycles. The molecule has 0 unspecified atom stereocenters. The second-order valence-corrected chi connectivity index (χ2v) is 9.78. The van der Waals surface area contributed by atoms with Crippen molar-refractivity contribution in [3.8, 4) is 11.5 Å². The van der Waals surface area contributed by atoms with E-state index in [1.165, 1.54) is 30.4 Å². The zero-order valence-electron chi connectivity index (χ0n) is 19.7. The number of barbiturate groups is 1. The first-order valence-corrected chi connectivity index (χ1v) is 12.4. The number of benzene rings is 3. The molecular formula is C27H22ClIN2O5. The van der Waals surface area contributed by atoms with Gasteiger partial charge in [-0.15, -0.1) is 0 Å². The highest BCUT2D eigenvalue weighted by Crippen LogP contribution is 2.36. The zero-order chi connectivity index (χ0) is 26.0. The minimum atomic E-state index is -0.841. The van der Waals surface area contributed by atoms with Crippen LogP contribution >= 0.6 is 34.2 Å². The largest absolute Gasteiger partial charge is 0.493 e. The van der Waals surface area contributed by atoms with E-state index in [9.17, 15) is 14.4 Å². The number of nitrogens with one attached hydrogen (secondary N) is 1. The number of carbonyl (C=O) groups excluding carboxylic acids is 3. The molecule has 0 spiro atoms. The van der Waals surface area contributed by atoms with Gasteiger partial charge in [0.1, 0.15) is 12.2 Å². The Morgan fingerprint density at radius 1 is 1.03 bits per heavy atom. The van der Waals surface area contributed by atoms with Gasteiger partial charge in [-0.25, -0.2) is 9.69 Å². The fraction of sp³-hybridized carbons (Fsp3) is 0.148. The van der Waals surface area contributed by atoms with Crippen LogP contribution in [0.2, 0.25) is 5.02 Å². The number of carbonyl (C=O) groups is 3. The molecule has 1 aliphatic rings. The number of halogens is 2. The fourth-order valence-electron chi connectivity index (χ4n) is 3.69. The van der Waals surface area contributed by atoms with Crippen molar-refractivity contribution < 1.29 is 23.9 Å². The van der Waals surface area contributed by atoms with E-state index in [-0.39, 0.29) is 11.3 Å². The normalized spacial score (nSPS) is 14.8. The molecule has 3 aromatic carbocycles. The number of ether oxygens (including phenoxy) is 2. The van der Waals surface area contributed by atoms with Crippen LogP contribution in [-0.2, 0) is 16.2 Å². The van der Waals surface area contributed by atoms with Crippen LogP contribution in [0.3, 0.4) is 0 Å². The number of rotatable bonds is 6. The minimum absolute atomic E-state index is 0.198. The third-order valence-corrected chi connectivity index (χ3v) is 6.72. The second kappa shape index (κ2) is 10.7. The van der Waals surface area contributed by atoms with Gasteiger partial charge in [-0.3, -0.25) is 14.9 Å². The van der Waals surface area contributed by atoms with E-state index in [2.05, 4.69) is 53.9 Å². The molecule has 4 rings (SSSR count). The van der Waals surface area contributed by atoms with Gasteiger partial charge in [-0.05, 0) is 95.1 Å². The van der Waals surface area contributed by atoms with Gasteiger partial charge in [0.05, 0.1) is 16.4 Å². The van der Waals surface area contributed by atoms with Gasteiger partial charge >= 0.3 is 6.03 Å². The van der Waals surface area contributed by atoms with Gasteiger partial charge in [0.2, 0.25) is 0 Å². The molecule has 1 N–H and O–H groups in total. The zero-order valence-corrected chi connectivity index (χ0v) is 22.6. The summed E-state index contributed by atoms with van der Waals surface area (Å²) in [6.45, 7) is 4.46. The van der Waals surface area contributed by atoms with Crippen molar-refractivity contribution in [2.75, 3.05) is 12.0 Å². The molecule has 1 saturated heterocycles. The molecule has 0 aliphatic carbocycles. The quantitative estimate of drug-likeness (QED) is 0.215. The van der Waals surface area contributed by atoms with Gasteiger partial charge in [-0.2, -0.15) is 0 Å². The van der Waals surface area contributed by atoms with Crippen molar-refractivity contribution in [1.82, 2.24) is 5.32 Å². The van der Waals surface area contributed by atoms with Crippen LogP contribution in [0.15, 0.2) is 60.2 Å². The van der Waals surface area contributed by atoms with Crippen molar-refractivity contribution in [2.45, 2.75) is 20.5 Å². The number of imide groups is 2. The number of methoxy groups -OCH3 is 1. The van der Waals surface area contributed by atoms with Crippen molar-refractivity contribution in [2.24, 2.45) is 0 Å². The first-order valence-electron chi connectivity index (χ1n) is 10.9. The molecule has 0 atom stereocenters. The Morgan fingerprint density at radius 3 is 2.50 bits per heavy atom. The third kappa shape index (κ3) is 5.39. The average molecular weight is 617 g/mol. The molecule has 0 radical (unpaired) electrons. The number of hydrogen-bond donors (Lipinski definition) is 1. The summed E-state index contributed by atoms with van der Waals surface area (Å²) in [7, 11) is 1.52. The lowest BCUT2D eigenvalue weighted by Crippen LogP contribution is -2.54. The summed E-state index contributed by atoms with van der Waals surface area (Å²) in [5.74, 6) is -0.542. The Balaban J connectivity index is 1.64. The van der Waals surface area contributed by atoms with Crippen LogP contribution in [0.4, 0.5) is 10.5 Å². The van der Waals surface area contributed by atoms with Crippen LogP contribution in [-0.4, -0.2) is 25.0 Å². The van der Waals surface area contributed by atoms with E-state index in [1.807, 2.05) is 6.07 Å². The molecule has 7 nitrogen and oxygen atoms in total. The predicted octanol–water partition coefficient (Wildman–Crippen LogP) is 5.82. The highest BCUT2D eigenvalue weighted by atomic mass is 127. The number of urea groups is 1. The maximum Gasteiger partial charge on any atom is 0.335 e. The number of aryl methyl sites for hydroxylation is 2. The van der Waals surface area contributed by atoms with Crippen molar-refractivity contribution in [3.63, 3.8) is 0 Å². The molecule has 184 valence electrons. The smallest absolute Gasteiger partial charge is 0.335 e. The first-order chi connectivity index (χ1) is 17.2. The van der Waals surface area contributed by atoms with Crippen molar-refractivity contribution in [3.05, 3.63) is 91.0 Å². The Morgan fingerprint density at radius 2 is 1.81 bits per heavy atom. The summed E-state index contributed by atoms with van der Waals surface area (Å²) in [4.78, 5) is 39.0. The van der Waals surface area contributed by atoms with Crippen LogP contribution in [0, 0.1) is 17.4 Å². The molecular weight excluding hydrogens is 595 g/mol. The molecule has 1 fully saturated rings. The second-order valence-electron chi connectivity index (χ2n) is 8.18. The molecule has 0 aromatic heterocycles. The number of hydrogen-bond acceptors (Lipinski definition) is 5. The fourth-order valence-corrected chi connectivity index (χ4v) is 4.65. The third-order valence-electron chi connectivity index (χ3n) is 5.69. The summed E-state index contributed by atoms with van der Waals surface area (Å²) in [5, 5.41) is 2.56. The van der Waals surface area contributed by atoms with Crippen LogP contribution in [0.1, 0.15) is 22.3 Å². The van der Waals surface area contributed by atoms with E-state index in [4.69, 9.17) is 21.1 Å². The van der Waals surface area contributed by atoms with E-state index in [1.54, 1.807) is 30.3 Å². The van der Waals surface area contributed by atoms with Crippen LogP contribution < -0.4 is 19.7 Å². The monoisotopic (exact) mass is 616 g/mol. The van der Waals surface area contributed by atoms with E-state index >= 15 is 0 Å². The molecule has 0 bridgehead atoms. The maximum absolute atomic E-state index is 13.2. The van der Waals surface area contributed by atoms with Gasteiger partial charge in [0, 0.05) is 5.02 Å². The van der Waals surface area contributed by atoms with Crippen molar-refractivity contribution in [1.29, 1.82) is 0 Å². The Kier molecular flexibility index (Phi) is 7.65. The summed E-state index contributed by atoms with van der Waals surface area (Å²) in [6.07, 6.45) is 1.42. The maximum atomic E-state index is 13.2. The highest BCUT2D eigenvalue weighted by molar-refractivity contribution is 14.1. The summed E-state index contributed by atoms with van der Waals surface area (Å²) in [5.41, 5.74) is 4.01. The highest BCUT2D eigenvalue weighted by Gasteiger charge is 2.37. The van der Waals surface area contributed by atoms with Crippen LogP contribution in [0.25, 0.3) is 6.08 Å². The number of nitrogens with zero attached hydrogens (tertiary/aromatic N) is 1. The Hall–Kier alpha value is -3.37. The van der Waals surface area contributed by atoms with Gasteiger partial charge < -0.3 is 9.47 Å². The molecule has 1 heterocycles. The Bertz CT molecular complexity index is 1420. The average Bonchev–Trinajstić information content (AvgIpc) is 2.83. The molecule has 1 aliphatic heterocycles. The first kappa shape index (κ1) is 25.7. The van der Waals surface area contributed by atoms with Crippen molar-refractivity contribution >= 4 is 63.8 Å². The van der Waals surface area contributed by atoms with E-state index in [0.29, 0.717) is 28.7 Å².